The van der Waals surface area contributed by atoms with Crippen molar-refractivity contribution in [3.63, 3.8) is 0 Å². The molecule has 0 bridgehead atoms. The Morgan fingerprint density at radius 3 is 2.53 bits per heavy atom. The number of carbonyl (C=O) groups is 2. The van der Waals surface area contributed by atoms with Crippen molar-refractivity contribution < 1.29 is 19.8 Å². The third kappa shape index (κ3) is 5.06. The summed E-state index contributed by atoms with van der Waals surface area (Å²) in [7, 11) is 0. The Morgan fingerprint density at radius 1 is 1.37 bits per heavy atom. The lowest BCUT2D eigenvalue weighted by Crippen LogP contribution is -2.50. The summed E-state index contributed by atoms with van der Waals surface area (Å²) in [4.78, 5) is 24.2. The Balaban J connectivity index is 2.41. The molecule has 1 rings (SSSR count). The van der Waals surface area contributed by atoms with Gasteiger partial charge in [0.1, 0.15) is 0 Å². The number of piperidine rings is 1. The van der Waals surface area contributed by atoms with Gasteiger partial charge in [0.15, 0.2) is 0 Å². The largest absolute Gasteiger partial charge is 0.481 e. The van der Waals surface area contributed by atoms with Crippen molar-refractivity contribution in [2.75, 3.05) is 19.6 Å². The molecule has 1 heterocycles. The van der Waals surface area contributed by atoms with Crippen LogP contribution in [-0.4, -0.2) is 52.3 Å². The highest BCUT2D eigenvalue weighted by Gasteiger charge is 2.28. The van der Waals surface area contributed by atoms with Gasteiger partial charge in [-0.3, -0.25) is 4.79 Å². The molecule has 19 heavy (non-hydrogen) atoms. The number of carboxylic acids is 1. The van der Waals surface area contributed by atoms with E-state index >= 15 is 0 Å². The number of carboxylic acid groups (broad SMARTS) is 1. The van der Waals surface area contributed by atoms with E-state index in [-0.39, 0.29) is 19.0 Å². The zero-order valence-corrected chi connectivity index (χ0v) is 11.8. The molecule has 110 valence electrons. The topological polar surface area (TPSA) is 89.9 Å². The van der Waals surface area contributed by atoms with Crippen LogP contribution in [0.5, 0.6) is 0 Å². The molecule has 3 N–H and O–H groups in total. The number of likely N-dealkylation sites (tertiary alicyclic amines) is 1. The van der Waals surface area contributed by atoms with Crippen molar-refractivity contribution in [3.8, 4) is 0 Å². The van der Waals surface area contributed by atoms with Crippen molar-refractivity contribution in [2.45, 2.75) is 39.2 Å². The molecule has 3 unspecified atom stereocenters. The van der Waals surface area contributed by atoms with Crippen LogP contribution in [0.2, 0.25) is 0 Å². The van der Waals surface area contributed by atoms with Gasteiger partial charge in [-0.1, -0.05) is 13.8 Å². The molecule has 1 saturated heterocycles. The van der Waals surface area contributed by atoms with Crippen LogP contribution in [0.3, 0.4) is 0 Å². The summed E-state index contributed by atoms with van der Waals surface area (Å²) in [5, 5.41) is 21.1. The molecule has 0 aromatic heterocycles. The minimum absolute atomic E-state index is 0.0570. The second-order valence-corrected chi connectivity index (χ2v) is 5.92. The van der Waals surface area contributed by atoms with Gasteiger partial charge in [0.25, 0.3) is 0 Å². The van der Waals surface area contributed by atoms with Crippen LogP contribution >= 0.6 is 0 Å². The number of hydrogen-bond acceptors (Lipinski definition) is 3. The Kier molecular flexibility index (Phi) is 5.17. The highest BCUT2D eigenvalue weighted by atomic mass is 16.4. The summed E-state index contributed by atoms with van der Waals surface area (Å²) < 4.78 is 0. The van der Waals surface area contributed by atoms with Gasteiger partial charge in [0.05, 0.1) is 12.0 Å². The molecule has 0 radical (unpaired) electrons. The zero-order valence-electron chi connectivity index (χ0n) is 11.8. The molecule has 1 aliphatic rings. The fraction of sp³-hybridized carbons (Fsp3) is 0.846. The van der Waals surface area contributed by atoms with Gasteiger partial charge in [-0.05, 0) is 25.2 Å². The first kappa shape index (κ1) is 15.8. The predicted molar refractivity (Wildman–Crippen MR) is 70.8 cm³/mol. The number of amides is 2. The molecule has 3 atom stereocenters. The first-order valence-electron chi connectivity index (χ1n) is 6.68. The number of urea groups is 1. The number of aliphatic hydroxyl groups is 1. The quantitative estimate of drug-likeness (QED) is 0.709. The normalized spacial score (nSPS) is 26.6. The summed E-state index contributed by atoms with van der Waals surface area (Å²) in [6, 6.07) is -0.232. The molecule has 2 amide bonds. The van der Waals surface area contributed by atoms with Gasteiger partial charge < -0.3 is 20.4 Å². The number of nitrogens with zero attached hydrogens (tertiary/aromatic N) is 1. The lowest BCUT2D eigenvalue weighted by molar-refractivity contribution is -0.141. The van der Waals surface area contributed by atoms with E-state index in [2.05, 4.69) is 19.2 Å². The fourth-order valence-corrected chi connectivity index (χ4v) is 2.21. The van der Waals surface area contributed by atoms with Crippen LogP contribution in [0, 0.1) is 11.8 Å². The minimum atomic E-state index is -1.42. The number of rotatable bonds is 4. The fourth-order valence-electron chi connectivity index (χ4n) is 2.21. The first-order chi connectivity index (χ1) is 8.71. The molecule has 1 fully saturated rings. The third-order valence-corrected chi connectivity index (χ3v) is 3.77. The van der Waals surface area contributed by atoms with E-state index in [9.17, 15) is 14.7 Å². The molecular formula is C13H24N2O4. The van der Waals surface area contributed by atoms with Crippen molar-refractivity contribution in [2.24, 2.45) is 11.8 Å². The second kappa shape index (κ2) is 6.23. The first-order valence-corrected chi connectivity index (χ1v) is 6.68. The summed E-state index contributed by atoms with van der Waals surface area (Å²) in [5.41, 5.74) is -1.42. The Labute approximate surface area is 113 Å². The Hall–Kier alpha value is -1.30. The van der Waals surface area contributed by atoms with Crippen LogP contribution < -0.4 is 5.32 Å². The third-order valence-electron chi connectivity index (χ3n) is 3.77. The molecule has 0 aromatic carbocycles. The molecule has 0 aliphatic carbocycles. The van der Waals surface area contributed by atoms with Crippen LogP contribution in [0.25, 0.3) is 0 Å². The van der Waals surface area contributed by atoms with Crippen LogP contribution in [0.4, 0.5) is 4.79 Å². The molecule has 6 nitrogen and oxygen atoms in total. The van der Waals surface area contributed by atoms with Gasteiger partial charge in [-0.25, -0.2) is 4.79 Å². The molecule has 0 aromatic rings. The molecule has 1 aliphatic heterocycles. The van der Waals surface area contributed by atoms with E-state index in [0.29, 0.717) is 24.9 Å². The van der Waals surface area contributed by atoms with Gasteiger partial charge >= 0.3 is 12.0 Å². The average Bonchev–Trinajstić information content (AvgIpc) is 2.28. The Bertz CT molecular complexity index is 344. The highest BCUT2D eigenvalue weighted by Crippen LogP contribution is 2.22. The standard InChI is InChI=1S/C13H24N2O4/c1-9-4-5-15(7-10(9)2)12(18)14-8-13(3,19)6-11(16)17/h9-10,19H,4-8H2,1-3H3,(H,14,18)(H,16,17). The smallest absolute Gasteiger partial charge is 0.317 e. The maximum atomic E-state index is 11.9. The van der Waals surface area contributed by atoms with E-state index in [1.54, 1.807) is 4.90 Å². The number of aliphatic carboxylic acids is 1. The highest BCUT2D eigenvalue weighted by molar-refractivity contribution is 5.74. The van der Waals surface area contributed by atoms with Crippen LogP contribution in [0.1, 0.15) is 33.6 Å². The lowest BCUT2D eigenvalue weighted by Gasteiger charge is -2.35. The van der Waals surface area contributed by atoms with E-state index in [0.717, 1.165) is 6.42 Å². The van der Waals surface area contributed by atoms with Crippen LogP contribution in [-0.2, 0) is 4.79 Å². The number of hydrogen-bond donors (Lipinski definition) is 3. The summed E-state index contributed by atoms with van der Waals surface area (Å²) in [6.07, 6.45) is 0.584. The van der Waals surface area contributed by atoms with Gasteiger partial charge in [-0.15, -0.1) is 0 Å². The Morgan fingerprint density at radius 2 is 2.00 bits per heavy atom. The summed E-state index contributed by atoms with van der Waals surface area (Å²) in [5.74, 6) is -0.0159. The number of nitrogens with one attached hydrogen (secondary N) is 1. The maximum Gasteiger partial charge on any atom is 0.317 e. The van der Waals surface area contributed by atoms with E-state index in [1.807, 2.05) is 0 Å². The summed E-state index contributed by atoms with van der Waals surface area (Å²) >= 11 is 0. The summed E-state index contributed by atoms with van der Waals surface area (Å²) in [6.45, 7) is 7.05. The van der Waals surface area contributed by atoms with Crippen molar-refractivity contribution in [1.82, 2.24) is 10.2 Å². The maximum absolute atomic E-state index is 11.9. The predicted octanol–water partition coefficient (Wildman–Crippen LogP) is 0.900. The van der Waals surface area contributed by atoms with Crippen molar-refractivity contribution in [3.05, 3.63) is 0 Å². The van der Waals surface area contributed by atoms with Gasteiger partial charge in [-0.2, -0.15) is 0 Å². The zero-order chi connectivity index (χ0) is 14.6. The van der Waals surface area contributed by atoms with E-state index in [4.69, 9.17) is 5.11 Å². The lowest BCUT2D eigenvalue weighted by atomic mass is 9.89. The van der Waals surface area contributed by atoms with Crippen LogP contribution in [0.15, 0.2) is 0 Å². The molecular weight excluding hydrogens is 248 g/mol. The van der Waals surface area contributed by atoms with E-state index < -0.39 is 11.6 Å². The SMILES string of the molecule is CC1CCN(C(=O)NCC(C)(O)CC(=O)O)CC1C. The monoisotopic (exact) mass is 272 g/mol. The van der Waals surface area contributed by atoms with Gasteiger partial charge in [0, 0.05) is 19.6 Å². The minimum Gasteiger partial charge on any atom is -0.481 e. The molecule has 0 spiro atoms. The molecule has 6 heteroatoms. The molecule has 0 saturated carbocycles. The second-order valence-electron chi connectivity index (χ2n) is 5.92. The van der Waals surface area contributed by atoms with Crippen molar-refractivity contribution in [1.29, 1.82) is 0 Å². The van der Waals surface area contributed by atoms with E-state index in [1.165, 1.54) is 6.92 Å². The average molecular weight is 272 g/mol. The number of carbonyl (C=O) groups excluding carboxylic acids is 1. The van der Waals surface area contributed by atoms with Crippen molar-refractivity contribution >= 4 is 12.0 Å². The van der Waals surface area contributed by atoms with Gasteiger partial charge in [0.2, 0.25) is 0 Å².